The van der Waals surface area contributed by atoms with Crippen molar-refractivity contribution in [1.29, 1.82) is 0 Å². The summed E-state index contributed by atoms with van der Waals surface area (Å²) in [5.74, 6) is -1.24. The third-order valence-corrected chi connectivity index (χ3v) is 5.15. The van der Waals surface area contributed by atoms with Gasteiger partial charge in [0.2, 0.25) is 0 Å². The molecule has 0 bridgehead atoms. The van der Waals surface area contributed by atoms with E-state index in [9.17, 15) is 24.5 Å². The number of benzene rings is 3. The van der Waals surface area contributed by atoms with Gasteiger partial charge < -0.3 is 4.74 Å². The van der Waals surface area contributed by atoms with Gasteiger partial charge >= 0.3 is 6.03 Å². The Hall–Kier alpha value is -4.79. The molecule has 0 spiro atoms. The number of nitrogens with zero attached hydrogens (tertiary/aromatic N) is 2. The van der Waals surface area contributed by atoms with E-state index in [1.165, 1.54) is 30.3 Å². The summed E-state index contributed by atoms with van der Waals surface area (Å²) in [7, 11) is 0. The standard InChI is InChI=1S/C25H19N3O6/c1-16-6-8-17(9-7-16)15-34-22-5-3-2-4-18(22)14-21-23(29)26-25(31)27(24(21)30)19-10-12-20(13-11-19)28(32)33/h2-14H,15H2,1H3,(H,26,29,31)/b21-14-. The molecule has 1 fully saturated rings. The topological polar surface area (TPSA) is 119 Å². The number of para-hydroxylation sites is 1. The highest BCUT2D eigenvalue weighted by atomic mass is 16.6. The highest BCUT2D eigenvalue weighted by molar-refractivity contribution is 6.39. The Morgan fingerprint density at radius 3 is 2.32 bits per heavy atom. The molecule has 1 N–H and O–H groups in total. The number of urea groups is 1. The zero-order chi connectivity index (χ0) is 24.2. The first-order chi connectivity index (χ1) is 16.3. The predicted molar refractivity (Wildman–Crippen MR) is 124 cm³/mol. The molecular formula is C25H19N3O6. The van der Waals surface area contributed by atoms with Gasteiger partial charge in [-0.3, -0.25) is 25.0 Å². The molecule has 0 saturated carbocycles. The van der Waals surface area contributed by atoms with Crippen LogP contribution in [0.15, 0.2) is 78.4 Å². The van der Waals surface area contributed by atoms with Crippen LogP contribution in [0.1, 0.15) is 16.7 Å². The van der Waals surface area contributed by atoms with Crippen LogP contribution in [-0.4, -0.2) is 22.8 Å². The molecule has 0 radical (unpaired) electrons. The van der Waals surface area contributed by atoms with Crippen molar-refractivity contribution in [3.8, 4) is 5.75 Å². The Morgan fingerprint density at radius 2 is 1.65 bits per heavy atom. The molecule has 0 aliphatic carbocycles. The lowest BCUT2D eigenvalue weighted by Crippen LogP contribution is -2.54. The van der Waals surface area contributed by atoms with Crippen LogP contribution in [0.4, 0.5) is 16.2 Å². The van der Waals surface area contributed by atoms with E-state index in [-0.39, 0.29) is 23.6 Å². The molecule has 4 amide bonds. The van der Waals surface area contributed by atoms with E-state index in [4.69, 9.17) is 4.74 Å². The SMILES string of the molecule is Cc1ccc(COc2ccccc2/C=C2/C(=O)NC(=O)N(c3ccc([N+](=O)[O-])cc3)C2=O)cc1. The van der Waals surface area contributed by atoms with E-state index in [2.05, 4.69) is 5.32 Å². The largest absolute Gasteiger partial charge is 0.488 e. The fraction of sp³-hybridized carbons (Fsp3) is 0.0800. The Bertz CT molecular complexity index is 1310. The highest BCUT2D eigenvalue weighted by Crippen LogP contribution is 2.27. The number of nitro benzene ring substituents is 1. The first-order valence-corrected chi connectivity index (χ1v) is 10.3. The second-order valence-corrected chi connectivity index (χ2v) is 7.54. The Balaban J connectivity index is 1.62. The van der Waals surface area contributed by atoms with Crippen molar-refractivity contribution in [3.63, 3.8) is 0 Å². The van der Waals surface area contributed by atoms with Crippen molar-refractivity contribution < 1.29 is 24.0 Å². The van der Waals surface area contributed by atoms with Crippen LogP contribution in [0.3, 0.4) is 0 Å². The molecule has 9 nitrogen and oxygen atoms in total. The molecule has 3 aromatic rings. The third-order valence-electron chi connectivity index (χ3n) is 5.15. The molecule has 9 heteroatoms. The summed E-state index contributed by atoms with van der Waals surface area (Å²) < 4.78 is 5.91. The normalized spacial score (nSPS) is 14.8. The Labute approximate surface area is 194 Å². The second kappa shape index (κ2) is 9.37. The summed E-state index contributed by atoms with van der Waals surface area (Å²) in [5, 5.41) is 13.0. The average molecular weight is 457 g/mol. The monoisotopic (exact) mass is 457 g/mol. The van der Waals surface area contributed by atoms with Crippen molar-refractivity contribution >= 4 is 35.3 Å². The number of aryl methyl sites for hydroxylation is 1. The Kier molecular flexibility index (Phi) is 6.18. The van der Waals surface area contributed by atoms with Gasteiger partial charge in [-0.2, -0.15) is 0 Å². The maximum absolute atomic E-state index is 13.1. The molecular weight excluding hydrogens is 438 g/mol. The van der Waals surface area contributed by atoms with Gasteiger partial charge in [-0.15, -0.1) is 0 Å². The van der Waals surface area contributed by atoms with Gasteiger partial charge in [0.15, 0.2) is 0 Å². The number of non-ortho nitro benzene ring substituents is 1. The quantitative estimate of drug-likeness (QED) is 0.257. The van der Waals surface area contributed by atoms with Crippen LogP contribution in [0.25, 0.3) is 6.08 Å². The first-order valence-electron chi connectivity index (χ1n) is 10.3. The number of anilines is 1. The molecule has 170 valence electrons. The maximum atomic E-state index is 13.1. The van der Waals surface area contributed by atoms with Crippen molar-refractivity contribution in [2.45, 2.75) is 13.5 Å². The van der Waals surface area contributed by atoms with Gasteiger partial charge in [-0.05, 0) is 36.8 Å². The number of barbiturate groups is 1. The number of hydrogen-bond acceptors (Lipinski definition) is 6. The lowest BCUT2D eigenvalue weighted by molar-refractivity contribution is -0.384. The summed E-state index contributed by atoms with van der Waals surface area (Å²) in [4.78, 5) is 49.0. The number of carbonyl (C=O) groups excluding carboxylic acids is 3. The van der Waals surface area contributed by atoms with Crippen molar-refractivity contribution in [2.75, 3.05) is 4.90 Å². The van der Waals surface area contributed by atoms with E-state index >= 15 is 0 Å². The summed E-state index contributed by atoms with van der Waals surface area (Å²) >= 11 is 0. The van der Waals surface area contributed by atoms with Gasteiger partial charge in [0.1, 0.15) is 17.9 Å². The van der Waals surface area contributed by atoms with Gasteiger partial charge in [0, 0.05) is 17.7 Å². The lowest BCUT2D eigenvalue weighted by Gasteiger charge is -2.26. The number of ether oxygens (including phenoxy) is 1. The second-order valence-electron chi connectivity index (χ2n) is 7.54. The summed E-state index contributed by atoms with van der Waals surface area (Å²) in [6, 6.07) is 18.7. The van der Waals surface area contributed by atoms with Crippen LogP contribution >= 0.6 is 0 Å². The van der Waals surface area contributed by atoms with E-state index in [1.54, 1.807) is 24.3 Å². The number of amides is 4. The number of rotatable bonds is 6. The van der Waals surface area contributed by atoms with Crippen molar-refractivity contribution in [1.82, 2.24) is 5.32 Å². The summed E-state index contributed by atoms with van der Waals surface area (Å²) in [6.07, 6.45) is 1.35. The van der Waals surface area contributed by atoms with Crippen LogP contribution in [0.5, 0.6) is 5.75 Å². The Morgan fingerprint density at radius 1 is 0.971 bits per heavy atom. The number of nitrogens with one attached hydrogen (secondary N) is 1. The number of carbonyl (C=O) groups is 3. The highest BCUT2D eigenvalue weighted by Gasteiger charge is 2.37. The van der Waals surface area contributed by atoms with Crippen molar-refractivity contribution in [2.24, 2.45) is 0 Å². The molecule has 0 atom stereocenters. The lowest BCUT2D eigenvalue weighted by atomic mass is 10.1. The average Bonchev–Trinajstić information content (AvgIpc) is 2.82. The smallest absolute Gasteiger partial charge is 0.335 e. The fourth-order valence-electron chi connectivity index (χ4n) is 3.35. The van der Waals surface area contributed by atoms with Crippen LogP contribution in [0.2, 0.25) is 0 Å². The van der Waals surface area contributed by atoms with E-state index in [0.29, 0.717) is 11.3 Å². The summed E-state index contributed by atoms with van der Waals surface area (Å²) in [5.41, 5.74) is 2.18. The van der Waals surface area contributed by atoms with E-state index in [0.717, 1.165) is 16.0 Å². The molecule has 4 rings (SSSR count). The maximum Gasteiger partial charge on any atom is 0.335 e. The van der Waals surface area contributed by atoms with Gasteiger partial charge in [-0.1, -0.05) is 48.0 Å². The van der Waals surface area contributed by atoms with Gasteiger partial charge in [0.25, 0.3) is 17.5 Å². The zero-order valence-corrected chi connectivity index (χ0v) is 18.1. The molecule has 34 heavy (non-hydrogen) atoms. The van der Waals surface area contributed by atoms with Crippen molar-refractivity contribution in [3.05, 3.63) is 105 Å². The molecule has 1 aliphatic heterocycles. The van der Waals surface area contributed by atoms with Crippen LogP contribution in [-0.2, 0) is 16.2 Å². The van der Waals surface area contributed by atoms with Gasteiger partial charge in [-0.25, -0.2) is 9.69 Å². The third kappa shape index (κ3) is 4.68. The minimum Gasteiger partial charge on any atom is -0.488 e. The van der Waals surface area contributed by atoms with Crippen LogP contribution in [0, 0.1) is 17.0 Å². The van der Waals surface area contributed by atoms with E-state index in [1.807, 2.05) is 31.2 Å². The minimum atomic E-state index is -0.940. The zero-order valence-electron chi connectivity index (χ0n) is 18.1. The summed E-state index contributed by atoms with van der Waals surface area (Å²) in [6.45, 7) is 2.27. The number of nitro groups is 1. The number of imide groups is 2. The van der Waals surface area contributed by atoms with E-state index < -0.39 is 22.8 Å². The molecule has 1 saturated heterocycles. The molecule has 3 aromatic carbocycles. The van der Waals surface area contributed by atoms with Gasteiger partial charge in [0.05, 0.1) is 10.6 Å². The minimum absolute atomic E-state index is 0.0930. The predicted octanol–water partition coefficient (Wildman–Crippen LogP) is 4.15. The molecule has 0 aromatic heterocycles. The molecule has 0 unspecified atom stereocenters. The molecule has 1 heterocycles. The molecule has 1 aliphatic rings. The number of hydrogen-bond donors (Lipinski definition) is 1. The first kappa shape index (κ1) is 22.4. The fourth-order valence-corrected chi connectivity index (χ4v) is 3.35. The van der Waals surface area contributed by atoms with Crippen LogP contribution < -0.4 is 15.0 Å².